The van der Waals surface area contributed by atoms with Crippen molar-refractivity contribution in [3.63, 3.8) is 0 Å². The summed E-state index contributed by atoms with van der Waals surface area (Å²) < 4.78 is 7.76. The molecule has 0 aliphatic heterocycles. The van der Waals surface area contributed by atoms with Crippen LogP contribution in [-0.4, -0.2) is 15.7 Å². The van der Waals surface area contributed by atoms with Gasteiger partial charge in [0, 0.05) is 25.5 Å². The summed E-state index contributed by atoms with van der Waals surface area (Å²) in [5.74, 6) is 1.95. The van der Waals surface area contributed by atoms with Crippen LogP contribution in [0.2, 0.25) is 0 Å². The minimum Gasteiger partial charge on any atom is -0.491 e. The van der Waals surface area contributed by atoms with Crippen molar-refractivity contribution in [2.45, 2.75) is 39.5 Å². The fourth-order valence-corrected chi connectivity index (χ4v) is 2.06. The average Bonchev–Trinajstić information content (AvgIpc) is 2.81. The Kier molecular flexibility index (Phi) is 4.79. The maximum Gasteiger partial charge on any atom is 0.122 e. The first-order valence-corrected chi connectivity index (χ1v) is 7.02. The smallest absolute Gasteiger partial charge is 0.122 e. The summed E-state index contributed by atoms with van der Waals surface area (Å²) in [4.78, 5) is 4.31. The molecule has 0 spiro atoms. The van der Waals surface area contributed by atoms with Gasteiger partial charge in [0.25, 0.3) is 0 Å². The van der Waals surface area contributed by atoms with Crippen molar-refractivity contribution in [2.75, 3.05) is 0 Å². The topological polar surface area (TPSA) is 39.1 Å². The van der Waals surface area contributed by atoms with Gasteiger partial charge in [-0.25, -0.2) is 4.98 Å². The predicted octanol–water partition coefficient (Wildman–Crippen LogP) is 3.06. The van der Waals surface area contributed by atoms with Crippen LogP contribution in [0.15, 0.2) is 36.7 Å². The first kappa shape index (κ1) is 14.6. The number of nitrogens with zero attached hydrogens (tertiary/aromatic N) is 2. The molecule has 1 atom stereocenters. The number of imidazole rings is 1. The van der Waals surface area contributed by atoms with E-state index in [4.69, 9.17) is 4.74 Å². The molecule has 1 unspecified atom stereocenters. The van der Waals surface area contributed by atoms with Crippen molar-refractivity contribution in [3.8, 4) is 5.75 Å². The fraction of sp³-hybridized carbons (Fsp3) is 0.438. The number of aromatic nitrogens is 2. The van der Waals surface area contributed by atoms with Crippen molar-refractivity contribution in [3.05, 3.63) is 48.0 Å². The summed E-state index contributed by atoms with van der Waals surface area (Å²) in [6.45, 7) is 6.97. The molecule has 0 saturated heterocycles. The molecule has 1 aromatic heterocycles. The van der Waals surface area contributed by atoms with Crippen LogP contribution in [0.1, 0.15) is 38.2 Å². The van der Waals surface area contributed by atoms with E-state index in [1.54, 1.807) is 0 Å². The molecule has 0 fully saturated rings. The number of aryl methyl sites for hydroxylation is 1. The Labute approximate surface area is 120 Å². The van der Waals surface area contributed by atoms with E-state index in [0.29, 0.717) is 0 Å². The fourth-order valence-electron chi connectivity index (χ4n) is 2.06. The lowest BCUT2D eigenvalue weighted by Gasteiger charge is -2.16. The second-order valence-corrected chi connectivity index (χ2v) is 5.30. The molecule has 0 saturated carbocycles. The molecule has 4 nitrogen and oxygen atoms in total. The lowest BCUT2D eigenvalue weighted by Crippen LogP contribution is -2.20. The largest absolute Gasteiger partial charge is 0.491 e. The molecule has 4 heteroatoms. The maximum absolute atomic E-state index is 5.73. The molecule has 0 aliphatic rings. The van der Waals surface area contributed by atoms with Gasteiger partial charge in [-0.15, -0.1) is 0 Å². The van der Waals surface area contributed by atoms with Crippen LogP contribution in [0.4, 0.5) is 0 Å². The second-order valence-electron chi connectivity index (χ2n) is 5.30. The van der Waals surface area contributed by atoms with Gasteiger partial charge in [-0.3, -0.25) is 0 Å². The Morgan fingerprint density at radius 2 is 2.10 bits per heavy atom. The van der Waals surface area contributed by atoms with E-state index < -0.39 is 0 Å². The molecular weight excluding hydrogens is 250 g/mol. The Balaban J connectivity index is 1.98. The van der Waals surface area contributed by atoms with E-state index >= 15 is 0 Å². The highest BCUT2D eigenvalue weighted by Gasteiger charge is 2.08. The number of nitrogens with one attached hydrogen (secondary N) is 1. The number of ether oxygens (including phenoxy) is 1. The molecule has 0 aliphatic carbocycles. The second kappa shape index (κ2) is 6.57. The van der Waals surface area contributed by atoms with Crippen molar-refractivity contribution in [1.29, 1.82) is 0 Å². The van der Waals surface area contributed by atoms with E-state index in [-0.39, 0.29) is 12.1 Å². The van der Waals surface area contributed by atoms with Gasteiger partial charge in [0.2, 0.25) is 0 Å². The monoisotopic (exact) mass is 273 g/mol. The Bertz CT molecular complexity index is 548. The van der Waals surface area contributed by atoms with Crippen LogP contribution >= 0.6 is 0 Å². The summed E-state index contributed by atoms with van der Waals surface area (Å²) in [6, 6.07) is 8.49. The van der Waals surface area contributed by atoms with Gasteiger partial charge in [-0.2, -0.15) is 0 Å². The zero-order valence-electron chi connectivity index (χ0n) is 12.6. The van der Waals surface area contributed by atoms with Crippen molar-refractivity contribution in [2.24, 2.45) is 7.05 Å². The number of hydrogen-bond donors (Lipinski definition) is 1. The predicted molar refractivity (Wildman–Crippen MR) is 80.7 cm³/mol. The van der Waals surface area contributed by atoms with Gasteiger partial charge >= 0.3 is 0 Å². The third-order valence-electron chi connectivity index (χ3n) is 3.22. The molecule has 108 valence electrons. The normalized spacial score (nSPS) is 12.7. The summed E-state index contributed by atoms with van der Waals surface area (Å²) in [6.07, 6.45) is 3.97. The lowest BCUT2D eigenvalue weighted by atomic mass is 10.1. The minimum absolute atomic E-state index is 0.195. The third-order valence-corrected chi connectivity index (χ3v) is 3.22. The molecule has 20 heavy (non-hydrogen) atoms. The molecule has 0 bridgehead atoms. The molecule has 1 N–H and O–H groups in total. The summed E-state index contributed by atoms with van der Waals surface area (Å²) in [5.41, 5.74) is 1.22. The van der Waals surface area contributed by atoms with Gasteiger partial charge < -0.3 is 14.6 Å². The molecule has 0 amide bonds. The number of benzene rings is 1. The van der Waals surface area contributed by atoms with Gasteiger partial charge in [0.15, 0.2) is 0 Å². The van der Waals surface area contributed by atoms with Crippen LogP contribution in [-0.2, 0) is 13.6 Å². The van der Waals surface area contributed by atoms with Crippen LogP contribution in [0.5, 0.6) is 5.75 Å². The Hall–Kier alpha value is -1.81. The van der Waals surface area contributed by atoms with Crippen LogP contribution in [0, 0.1) is 0 Å². The SMILES string of the molecule is CC(C)Oc1cccc(C(C)NCc2nccn2C)c1. The Morgan fingerprint density at radius 1 is 1.30 bits per heavy atom. The molecule has 2 rings (SSSR count). The van der Waals surface area contributed by atoms with E-state index in [1.807, 2.05) is 50.0 Å². The highest BCUT2D eigenvalue weighted by Crippen LogP contribution is 2.20. The minimum atomic E-state index is 0.195. The van der Waals surface area contributed by atoms with Crippen molar-refractivity contribution < 1.29 is 4.74 Å². The molecule has 1 heterocycles. The quantitative estimate of drug-likeness (QED) is 0.879. The standard InChI is InChI=1S/C16H23N3O/c1-12(2)20-15-7-5-6-14(10-15)13(3)18-11-16-17-8-9-19(16)4/h5-10,12-13,18H,11H2,1-4H3. The van der Waals surface area contributed by atoms with E-state index in [2.05, 4.69) is 29.4 Å². The van der Waals surface area contributed by atoms with Crippen molar-refractivity contribution in [1.82, 2.24) is 14.9 Å². The van der Waals surface area contributed by atoms with Crippen molar-refractivity contribution >= 4 is 0 Å². The molecule has 2 aromatic rings. The molecular formula is C16H23N3O. The maximum atomic E-state index is 5.73. The van der Waals surface area contributed by atoms with Gasteiger partial charge in [0.1, 0.15) is 11.6 Å². The van der Waals surface area contributed by atoms with Crippen LogP contribution in [0.25, 0.3) is 0 Å². The zero-order chi connectivity index (χ0) is 14.5. The summed E-state index contributed by atoms with van der Waals surface area (Å²) >= 11 is 0. The summed E-state index contributed by atoms with van der Waals surface area (Å²) in [5, 5.41) is 3.48. The van der Waals surface area contributed by atoms with E-state index in [1.165, 1.54) is 5.56 Å². The van der Waals surface area contributed by atoms with E-state index in [0.717, 1.165) is 18.1 Å². The number of hydrogen-bond acceptors (Lipinski definition) is 3. The zero-order valence-corrected chi connectivity index (χ0v) is 12.6. The third kappa shape index (κ3) is 3.84. The average molecular weight is 273 g/mol. The van der Waals surface area contributed by atoms with Crippen LogP contribution in [0.3, 0.4) is 0 Å². The number of rotatable bonds is 6. The highest BCUT2D eigenvalue weighted by atomic mass is 16.5. The molecule has 0 radical (unpaired) electrons. The highest BCUT2D eigenvalue weighted by molar-refractivity contribution is 5.30. The first-order chi connectivity index (χ1) is 9.56. The van der Waals surface area contributed by atoms with Crippen LogP contribution < -0.4 is 10.1 Å². The van der Waals surface area contributed by atoms with Gasteiger partial charge in [0.05, 0.1) is 12.6 Å². The van der Waals surface area contributed by atoms with Gasteiger partial charge in [-0.1, -0.05) is 12.1 Å². The first-order valence-electron chi connectivity index (χ1n) is 7.02. The van der Waals surface area contributed by atoms with E-state index in [9.17, 15) is 0 Å². The summed E-state index contributed by atoms with van der Waals surface area (Å²) in [7, 11) is 2.01. The Morgan fingerprint density at radius 3 is 2.75 bits per heavy atom. The van der Waals surface area contributed by atoms with Gasteiger partial charge in [-0.05, 0) is 38.5 Å². The lowest BCUT2D eigenvalue weighted by molar-refractivity contribution is 0.242. The molecule has 1 aromatic carbocycles.